The molecule has 0 aliphatic carbocycles. The maximum absolute atomic E-state index is 12.9. The summed E-state index contributed by atoms with van der Waals surface area (Å²) in [6.45, 7) is 1.98. The van der Waals surface area contributed by atoms with Crippen LogP contribution in [0.3, 0.4) is 0 Å². The lowest BCUT2D eigenvalue weighted by Gasteiger charge is -2.21. The van der Waals surface area contributed by atoms with E-state index in [1.54, 1.807) is 22.5 Å². The van der Waals surface area contributed by atoms with Crippen molar-refractivity contribution in [2.45, 2.75) is 17.2 Å². The van der Waals surface area contributed by atoms with Crippen LogP contribution >= 0.6 is 0 Å². The van der Waals surface area contributed by atoms with E-state index < -0.39 is 10.0 Å². The number of hydrogen-bond acceptors (Lipinski definition) is 4. The molecular weight excluding hydrogens is 326 g/mol. The van der Waals surface area contributed by atoms with Crippen molar-refractivity contribution in [2.24, 2.45) is 0 Å². The minimum atomic E-state index is -3.52. The first-order chi connectivity index (χ1) is 11.6. The van der Waals surface area contributed by atoms with E-state index in [1.165, 1.54) is 5.56 Å². The summed E-state index contributed by atoms with van der Waals surface area (Å²) in [6, 6.07) is 14.9. The number of ether oxygens (including phenoxy) is 2. The second kappa shape index (κ2) is 6.11. The van der Waals surface area contributed by atoms with Crippen molar-refractivity contribution in [2.75, 3.05) is 26.3 Å². The highest BCUT2D eigenvalue weighted by Crippen LogP contribution is 2.35. The van der Waals surface area contributed by atoms with Gasteiger partial charge in [-0.2, -0.15) is 4.31 Å². The Morgan fingerprint density at radius 3 is 2.50 bits per heavy atom. The van der Waals surface area contributed by atoms with Gasteiger partial charge in [0.1, 0.15) is 13.2 Å². The lowest BCUT2D eigenvalue weighted by molar-refractivity contribution is 0.171. The summed E-state index contributed by atoms with van der Waals surface area (Å²) < 4.78 is 38.4. The van der Waals surface area contributed by atoms with Crippen LogP contribution in [0.5, 0.6) is 11.5 Å². The van der Waals surface area contributed by atoms with Crippen molar-refractivity contribution in [1.82, 2.24) is 4.31 Å². The average molecular weight is 345 g/mol. The zero-order valence-corrected chi connectivity index (χ0v) is 14.0. The minimum Gasteiger partial charge on any atom is -0.486 e. The number of fused-ring (bicyclic) bond motifs is 1. The third kappa shape index (κ3) is 2.76. The second-order valence-electron chi connectivity index (χ2n) is 6.06. The van der Waals surface area contributed by atoms with Gasteiger partial charge in [-0.25, -0.2) is 8.42 Å². The largest absolute Gasteiger partial charge is 0.486 e. The molecule has 1 saturated heterocycles. The Hall–Kier alpha value is -2.05. The number of sulfonamides is 1. The smallest absolute Gasteiger partial charge is 0.243 e. The van der Waals surface area contributed by atoms with Crippen LogP contribution in [0.1, 0.15) is 17.9 Å². The zero-order valence-electron chi connectivity index (χ0n) is 13.2. The van der Waals surface area contributed by atoms with Crippen LogP contribution < -0.4 is 9.47 Å². The van der Waals surface area contributed by atoms with E-state index >= 15 is 0 Å². The highest BCUT2D eigenvalue weighted by Gasteiger charge is 2.33. The van der Waals surface area contributed by atoms with Crippen LogP contribution in [0.25, 0.3) is 0 Å². The third-order valence-corrected chi connectivity index (χ3v) is 6.43. The van der Waals surface area contributed by atoms with Crippen molar-refractivity contribution in [3.63, 3.8) is 0 Å². The minimum absolute atomic E-state index is 0.248. The Morgan fingerprint density at radius 2 is 1.71 bits per heavy atom. The van der Waals surface area contributed by atoms with Gasteiger partial charge >= 0.3 is 0 Å². The van der Waals surface area contributed by atoms with Crippen molar-refractivity contribution < 1.29 is 17.9 Å². The maximum atomic E-state index is 12.9. The molecule has 4 rings (SSSR count). The van der Waals surface area contributed by atoms with Gasteiger partial charge in [-0.15, -0.1) is 0 Å². The first kappa shape index (κ1) is 15.5. The predicted octanol–water partition coefficient (Wildman–Crippen LogP) is 2.64. The fourth-order valence-electron chi connectivity index (χ4n) is 3.28. The summed E-state index contributed by atoms with van der Waals surface area (Å²) in [6.07, 6.45) is 0.841. The van der Waals surface area contributed by atoms with E-state index in [2.05, 4.69) is 12.1 Å². The van der Waals surface area contributed by atoms with E-state index in [-0.39, 0.29) is 10.8 Å². The molecule has 2 aromatic carbocycles. The summed E-state index contributed by atoms with van der Waals surface area (Å²) in [5.41, 5.74) is 1.19. The first-order valence-corrected chi connectivity index (χ1v) is 9.53. The monoisotopic (exact) mass is 345 g/mol. The summed E-state index contributed by atoms with van der Waals surface area (Å²) in [4.78, 5) is 0.264. The molecule has 0 saturated carbocycles. The molecule has 0 aromatic heterocycles. The van der Waals surface area contributed by atoms with E-state index in [0.29, 0.717) is 37.8 Å². The summed E-state index contributed by atoms with van der Waals surface area (Å²) in [5.74, 6) is 1.35. The molecule has 126 valence electrons. The van der Waals surface area contributed by atoms with Gasteiger partial charge in [-0.1, -0.05) is 30.3 Å². The molecule has 2 aliphatic heterocycles. The van der Waals surface area contributed by atoms with Crippen LogP contribution in [-0.2, 0) is 10.0 Å². The Bertz CT molecular complexity index is 835. The Kier molecular flexibility index (Phi) is 3.94. The van der Waals surface area contributed by atoms with E-state index in [9.17, 15) is 8.42 Å². The van der Waals surface area contributed by atoms with Crippen molar-refractivity contribution in [3.8, 4) is 11.5 Å². The number of benzene rings is 2. The molecule has 2 aliphatic rings. The van der Waals surface area contributed by atoms with Gasteiger partial charge in [0.05, 0.1) is 4.90 Å². The molecule has 0 N–H and O–H groups in total. The number of nitrogens with zero attached hydrogens (tertiary/aromatic N) is 1. The molecule has 2 heterocycles. The predicted molar refractivity (Wildman–Crippen MR) is 90.0 cm³/mol. The Balaban J connectivity index is 1.57. The quantitative estimate of drug-likeness (QED) is 0.858. The molecule has 1 fully saturated rings. The van der Waals surface area contributed by atoms with Crippen molar-refractivity contribution in [1.29, 1.82) is 0 Å². The molecule has 5 nitrogen and oxygen atoms in total. The summed E-state index contributed by atoms with van der Waals surface area (Å²) >= 11 is 0. The molecule has 0 bridgehead atoms. The molecular formula is C18H19NO4S. The van der Waals surface area contributed by atoms with Gasteiger partial charge in [0.2, 0.25) is 10.0 Å². The second-order valence-corrected chi connectivity index (χ2v) is 8.00. The van der Waals surface area contributed by atoms with Gasteiger partial charge in [0.15, 0.2) is 11.5 Å². The third-order valence-electron chi connectivity index (χ3n) is 4.57. The fourth-order valence-corrected chi connectivity index (χ4v) is 4.79. The van der Waals surface area contributed by atoms with Gasteiger partial charge < -0.3 is 9.47 Å². The molecule has 0 amide bonds. The molecule has 0 unspecified atom stereocenters. The Morgan fingerprint density at radius 1 is 0.958 bits per heavy atom. The topological polar surface area (TPSA) is 55.8 Å². The van der Waals surface area contributed by atoms with E-state index in [1.807, 2.05) is 18.2 Å². The SMILES string of the molecule is O=S(=O)(c1ccc2c(c1)OCCO2)N1CC[C@@H](c2ccccc2)C1. The average Bonchev–Trinajstić information content (AvgIpc) is 3.13. The van der Waals surface area contributed by atoms with Crippen LogP contribution in [0.4, 0.5) is 0 Å². The van der Waals surface area contributed by atoms with Crippen LogP contribution in [0.15, 0.2) is 53.4 Å². The molecule has 1 atom stereocenters. The van der Waals surface area contributed by atoms with E-state index in [4.69, 9.17) is 9.47 Å². The lowest BCUT2D eigenvalue weighted by atomic mass is 9.99. The highest BCUT2D eigenvalue weighted by molar-refractivity contribution is 7.89. The van der Waals surface area contributed by atoms with Gasteiger partial charge in [-0.05, 0) is 30.0 Å². The normalized spacial score (nSPS) is 20.9. The van der Waals surface area contributed by atoms with Gasteiger partial charge in [0.25, 0.3) is 0 Å². The first-order valence-electron chi connectivity index (χ1n) is 8.09. The molecule has 2 aromatic rings. The van der Waals surface area contributed by atoms with Crippen molar-refractivity contribution >= 4 is 10.0 Å². The van der Waals surface area contributed by atoms with Gasteiger partial charge in [0, 0.05) is 19.2 Å². The molecule has 0 spiro atoms. The van der Waals surface area contributed by atoms with Gasteiger partial charge in [-0.3, -0.25) is 0 Å². The van der Waals surface area contributed by atoms with Crippen molar-refractivity contribution in [3.05, 3.63) is 54.1 Å². The van der Waals surface area contributed by atoms with Crippen LogP contribution in [0.2, 0.25) is 0 Å². The molecule has 0 radical (unpaired) electrons. The summed E-state index contributed by atoms with van der Waals surface area (Å²) in [5, 5.41) is 0. The highest BCUT2D eigenvalue weighted by atomic mass is 32.2. The van der Waals surface area contributed by atoms with Crippen LogP contribution in [-0.4, -0.2) is 39.0 Å². The zero-order chi connectivity index (χ0) is 16.6. The molecule has 6 heteroatoms. The number of hydrogen-bond donors (Lipinski definition) is 0. The molecule has 24 heavy (non-hydrogen) atoms. The number of rotatable bonds is 3. The Labute approximate surface area is 141 Å². The fraction of sp³-hybridized carbons (Fsp3) is 0.333. The van der Waals surface area contributed by atoms with Crippen LogP contribution in [0, 0.1) is 0 Å². The van der Waals surface area contributed by atoms with E-state index in [0.717, 1.165) is 6.42 Å². The lowest BCUT2D eigenvalue weighted by Crippen LogP contribution is -2.29. The maximum Gasteiger partial charge on any atom is 0.243 e. The standard InChI is InChI=1S/C18H19NO4S/c20-24(21,16-6-7-17-18(12-16)23-11-10-22-17)19-9-8-15(13-19)14-4-2-1-3-5-14/h1-7,12,15H,8-11,13H2/t15-/m1/s1. The summed E-state index contributed by atoms with van der Waals surface area (Å²) in [7, 11) is -3.52.